The number of benzene rings is 2. The van der Waals surface area contributed by atoms with Gasteiger partial charge in [-0.1, -0.05) is 40.2 Å². The highest BCUT2D eigenvalue weighted by Gasteiger charge is 2.19. The Morgan fingerprint density at radius 3 is 2.58 bits per heavy atom. The number of nitrogens with zero attached hydrogens (tertiary/aromatic N) is 2. The fraction of sp³-hybridized carbons (Fsp3) is 0.190. The maximum absolute atomic E-state index is 12.4. The molecule has 0 atom stereocenters. The molecule has 0 aliphatic rings. The smallest absolute Gasteiger partial charge is 0.251 e. The number of hydrogen-bond acceptors (Lipinski definition) is 6. The van der Waals surface area contributed by atoms with Gasteiger partial charge in [0.25, 0.3) is 5.91 Å². The Kier molecular flexibility index (Phi) is 7.37. The first-order chi connectivity index (χ1) is 14.7. The molecule has 7 nitrogen and oxygen atoms in total. The van der Waals surface area contributed by atoms with Gasteiger partial charge in [-0.2, -0.15) is 0 Å². The van der Waals surface area contributed by atoms with Gasteiger partial charge in [-0.05, 0) is 24.3 Å². The van der Waals surface area contributed by atoms with Crippen molar-refractivity contribution in [2.24, 2.45) is 0 Å². The molecule has 1 heterocycles. The molecule has 162 valence electrons. The standard InChI is InChI=1S/C21H20BrN3O4S2/c1-25(2)31(28,29)16-7-5-6-14(10-16)21(27)23-12-15(26)11-20-24-19(13-30-20)17-8-3-4-9-18(17)22/h3-10,13H,11-12H2,1-2H3,(H,23,27). The van der Waals surface area contributed by atoms with Crippen LogP contribution in [0.15, 0.2) is 63.3 Å². The van der Waals surface area contributed by atoms with E-state index in [0.29, 0.717) is 5.01 Å². The Hall–Kier alpha value is -2.40. The van der Waals surface area contributed by atoms with Crippen LogP contribution < -0.4 is 5.32 Å². The van der Waals surface area contributed by atoms with Crippen LogP contribution in [0.3, 0.4) is 0 Å². The summed E-state index contributed by atoms with van der Waals surface area (Å²) in [6.07, 6.45) is 0.102. The van der Waals surface area contributed by atoms with E-state index in [1.807, 2.05) is 29.6 Å². The van der Waals surface area contributed by atoms with Crippen molar-refractivity contribution in [3.05, 3.63) is 69.0 Å². The second-order valence-electron chi connectivity index (χ2n) is 6.82. The molecule has 3 rings (SSSR count). The summed E-state index contributed by atoms with van der Waals surface area (Å²) in [5, 5.41) is 5.09. The molecule has 10 heteroatoms. The number of halogens is 1. The highest BCUT2D eigenvalue weighted by Crippen LogP contribution is 2.29. The number of ketones is 1. The molecule has 3 aromatic rings. The van der Waals surface area contributed by atoms with Crippen LogP contribution >= 0.6 is 27.3 Å². The van der Waals surface area contributed by atoms with Crippen LogP contribution in [0.2, 0.25) is 0 Å². The van der Waals surface area contributed by atoms with Crippen molar-refractivity contribution in [2.75, 3.05) is 20.6 Å². The zero-order chi connectivity index (χ0) is 22.6. The van der Waals surface area contributed by atoms with E-state index in [4.69, 9.17) is 0 Å². The van der Waals surface area contributed by atoms with Crippen LogP contribution in [0.4, 0.5) is 0 Å². The van der Waals surface area contributed by atoms with Gasteiger partial charge in [0.1, 0.15) is 5.01 Å². The minimum absolute atomic E-state index is 0.0128. The third-order valence-corrected chi connectivity index (χ3v) is 7.72. The molecule has 0 aliphatic heterocycles. The predicted molar refractivity (Wildman–Crippen MR) is 124 cm³/mol. The lowest BCUT2D eigenvalue weighted by molar-refractivity contribution is -0.117. The van der Waals surface area contributed by atoms with Gasteiger partial charge < -0.3 is 5.32 Å². The summed E-state index contributed by atoms with van der Waals surface area (Å²) in [5.74, 6) is -0.712. The molecule has 0 radical (unpaired) electrons. The Morgan fingerprint density at radius 1 is 1.13 bits per heavy atom. The fourth-order valence-corrected chi connectivity index (χ4v) is 4.96. The number of sulfonamides is 1. The molecule has 0 saturated carbocycles. The first-order valence-corrected chi connectivity index (χ1v) is 12.3. The maximum atomic E-state index is 12.4. The van der Waals surface area contributed by atoms with E-state index >= 15 is 0 Å². The van der Waals surface area contributed by atoms with Crippen LogP contribution in [-0.4, -0.2) is 50.0 Å². The van der Waals surface area contributed by atoms with Crippen molar-refractivity contribution in [3.63, 3.8) is 0 Å². The quantitative estimate of drug-likeness (QED) is 0.490. The molecule has 2 aromatic carbocycles. The molecule has 0 bridgehead atoms. The molecular formula is C21H20BrN3O4S2. The van der Waals surface area contributed by atoms with Gasteiger partial charge in [0.15, 0.2) is 5.78 Å². The molecule has 0 fully saturated rings. The van der Waals surface area contributed by atoms with Gasteiger partial charge in [0.2, 0.25) is 10.0 Å². The molecule has 1 aromatic heterocycles. The normalized spacial score (nSPS) is 11.5. The average molecular weight is 522 g/mol. The van der Waals surface area contributed by atoms with E-state index in [1.54, 1.807) is 0 Å². The first kappa shape index (κ1) is 23.3. The summed E-state index contributed by atoms with van der Waals surface area (Å²) in [5.41, 5.74) is 1.89. The molecule has 0 spiro atoms. The molecule has 1 N–H and O–H groups in total. The molecule has 0 saturated heterocycles. The zero-order valence-electron chi connectivity index (χ0n) is 16.8. The third-order valence-electron chi connectivity index (χ3n) is 4.37. The molecule has 31 heavy (non-hydrogen) atoms. The number of nitrogens with one attached hydrogen (secondary N) is 1. The zero-order valence-corrected chi connectivity index (χ0v) is 20.1. The average Bonchev–Trinajstić information content (AvgIpc) is 3.20. The van der Waals surface area contributed by atoms with Crippen molar-refractivity contribution in [2.45, 2.75) is 11.3 Å². The van der Waals surface area contributed by atoms with E-state index in [9.17, 15) is 18.0 Å². The number of Topliss-reactive ketones (excluding diaryl/α,β-unsaturated/α-hetero) is 1. The minimum Gasteiger partial charge on any atom is -0.345 e. The van der Waals surface area contributed by atoms with Gasteiger partial charge in [0, 0.05) is 35.1 Å². The third kappa shape index (κ3) is 5.65. The summed E-state index contributed by atoms with van der Waals surface area (Å²) in [7, 11) is -0.817. The molecule has 0 aliphatic carbocycles. The van der Waals surface area contributed by atoms with E-state index in [-0.39, 0.29) is 29.2 Å². The van der Waals surface area contributed by atoms with Crippen molar-refractivity contribution < 1.29 is 18.0 Å². The van der Waals surface area contributed by atoms with Gasteiger partial charge in [-0.25, -0.2) is 17.7 Å². The predicted octanol–water partition coefficient (Wildman–Crippen LogP) is 3.36. The lowest BCUT2D eigenvalue weighted by atomic mass is 10.2. The number of aromatic nitrogens is 1. The van der Waals surface area contributed by atoms with Crippen molar-refractivity contribution in [1.29, 1.82) is 0 Å². The number of carbonyl (C=O) groups excluding carboxylic acids is 2. The van der Waals surface area contributed by atoms with Crippen LogP contribution in [0.25, 0.3) is 11.3 Å². The van der Waals surface area contributed by atoms with Crippen molar-refractivity contribution in [3.8, 4) is 11.3 Å². The summed E-state index contributed by atoms with van der Waals surface area (Å²) >= 11 is 4.87. The second kappa shape index (κ2) is 9.82. The topological polar surface area (TPSA) is 96.4 Å². The Morgan fingerprint density at radius 2 is 1.87 bits per heavy atom. The Bertz CT molecular complexity index is 1220. The summed E-state index contributed by atoms with van der Waals surface area (Å²) < 4.78 is 26.5. The number of thiazole rings is 1. The van der Waals surface area contributed by atoms with Crippen LogP contribution in [0.1, 0.15) is 15.4 Å². The fourth-order valence-electron chi connectivity index (χ4n) is 2.71. The lowest BCUT2D eigenvalue weighted by Crippen LogP contribution is -2.30. The Balaban J connectivity index is 1.61. The minimum atomic E-state index is -3.65. The summed E-state index contributed by atoms with van der Waals surface area (Å²) in [4.78, 5) is 29.2. The van der Waals surface area contributed by atoms with Crippen molar-refractivity contribution >= 4 is 49.0 Å². The number of hydrogen-bond donors (Lipinski definition) is 1. The molecule has 1 amide bonds. The van der Waals surface area contributed by atoms with E-state index in [0.717, 1.165) is 20.0 Å². The maximum Gasteiger partial charge on any atom is 0.251 e. The largest absolute Gasteiger partial charge is 0.345 e. The summed E-state index contributed by atoms with van der Waals surface area (Å²) in [6.45, 7) is -0.173. The molecular weight excluding hydrogens is 502 g/mol. The monoisotopic (exact) mass is 521 g/mol. The van der Waals surface area contributed by atoms with E-state index < -0.39 is 15.9 Å². The summed E-state index contributed by atoms with van der Waals surface area (Å²) in [6, 6.07) is 13.4. The second-order valence-corrected chi connectivity index (χ2v) is 10.8. The van der Waals surface area contributed by atoms with Gasteiger partial charge >= 0.3 is 0 Å². The van der Waals surface area contributed by atoms with Crippen LogP contribution in [0, 0.1) is 0 Å². The number of carbonyl (C=O) groups is 2. The van der Waals surface area contributed by atoms with E-state index in [1.165, 1.54) is 49.7 Å². The number of amides is 1. The number of rotatable bonds is 8. The first-order valence-electron chi connectivity index (χ1n) is 9.20. The van der Waals surface area contributed by atoms with Gasteiger partial charge in [0.05, 0.1) is 23.6 Å². The van der Waals surface area contributed by atoms with Crippen LogP contribution in [-0.2, 0) is 21.2 Å². The molecule has 0 unspecified atom stereocenters. The highest BCUT2D eigenvalue weighted by atomic mass is 79.9. The van der Waals surface area contributed by atoms with E-state index in [2.05, 4.69) is 26.2 Å². The SMILES string of the molecule is CN(C)S(=O)(=O)c1cccc(C(=O)NCC(=O)Cc2nc(-c3ccccc3Br)cs2)c1. The Labute approximate surface area is 193 Å². The van der Waals surface area contributed by atoms with Crippen molar-refractivity contribution in [1.82, 2.24) is 14.6 Å². The van der Waals surface area contributed by atoms with Gasteiger partial charge in [-0.3, -0.25) is 9.59 Å². The van der Waals surface area contributed by atoms with Gasteiger partial charge in [-0.15, -0.1) is 11.3 Å². The highest BCUT2D eigenvalue weighted by molar-refractivity contribution is 9.10. The van der Waals surface area contributed by atoms with Crippen LogP contribution in [0.5, 0.6) is 0 Å². The lowest BCUT2D eigenvalue weighted by Gasteiger charge is -2.12.